The summed E-state index contributed by atoms with van der Waals surface area (Å²) < 4.78 is 45.2. The molecule has 0 aliphatic carbocycles. The highest BCUT2D eigenvalue weighted by Gasteiger charge is 2.38. The number of carbonyl (C=O) groups is 2. The number of ether oxygens (including phenoxy) is 1. The number of likely N-dealkylation sites (tertiary alicyclic amines) is 1. The van der Waals surface area contributed by atoms with E-state index in [4.69, 9.17) is 4.74 Å². The Kier molecular flexibility index (Phi) is 5.99. The van der Waals surface area contributed by atoms with Crippen LogP contribution >= 0.6 is 0 Å². The van der Waals surface area contributed by atoms with Gasteiger partial charge in [-0.2, -0.15) is 0 Å². The quantitative estimate of drug-likeness (QED) is 0.795. The van der Waals surface area contributed by atoms with Crippen LogP contribution in [0.2, 0.25) is 0 Å². The maximum absolute atomic E-state index is 13.8. The van der Waals surface area contributed by atoms with Crippen molar-refractivity contribution in [3.05, 3.63) is 71.0 Å². The van der Waals surface area contributed by atoms with E-state index < -0.39 is 41.4 Å². The number of methoxy groups -OCH3 is 1. The first-order valence-electron chi connectivity index (χ1n) is 8.70. The lowest BCUT2D eigenvalue weighted by molar-refractivity contribution is -0.146. The van der Waals surface area contributed by atoms with Crippen molar-refractivity contribution in [1.82, 2.24) is 10.2 Å². The zero-order chi connectivity index (χ0) is 20.3. The van der Waals surface area contributed by atoms with Crippen molar-refractivity contribution in [2.75, 3.05) is 13.7 Å². The number of esters is 1. The molecule has 3 rings (SSSR count). The Hall–Kier alpha value is -2.87. The Labute approximate surface area is 160 Å². The number of hydrogen-bond acceptors (Lipinski definition) is 4. The summed E-state index contributed by atoms with van der Waals surface area (Å²) in [7, 11) is 1.25. The van der Waals surface area contributed by atoms with Crippen molar-refractivity contribution in [3.8, 4) is 0 Å². The summed E-state index contributed by atoms with van der Waals surface area (Å²) in [4.78, 5) is 26.2. The van der Waals surface area contributed by atoms with Crippen molar-refractivity contribution in [2.45, 2.75) is 25.0 Å². The predicted octanol–water partition coefficient (Wildman–Crippen LogP) is 2.65. The second-order valence-corrected chi connectivity index (χ2v) is 6.60. The Bertz CT molecular complexity index is 891. The van der Waals surface area contributed by atoms with E-state index >= 15 is 0 Å². The third-order valence-corrected chi connectivity index (χ3v) is 4.70. The standard InChI is InChI=1S/C20H19F3N2O3/c1-28-20(27)18-9-13(24-19(26)14-4-2-3-5-15(14)21)11-25(18)10-12-6-7-16(22)17(23)8-12/h2-8,13,18H,9-11H2,1H3,(H,24,26)/t13-,18-/m0/s1. The molecule has 148 valence electrons. The number of benzene rings is 2. The second-order valence-electron chi connectivity index (χ2n) is 6.60. The fraction of sp³-hybridized carbons (Fsp3) is 0.300. The number of hydrogen-bond donors (Lipinski definition) is 1. The third kappa shape index (κ3) is 4.33. The topological polar surface area (TPSA) is 58.6 Å². The molecule has 1 fully saturated rings. The van der Waals surface area contributed by atoms with Gasteiger partial charge in [-0.25, -0.2) is 13.2 Å². The number of nitrogens with zero attached hydrogens (tertiary/aromatic N) is 1. The van der Waals surface area contributed by atoms with Crippen LogP contribution < -0.4 is 5.32 Å². The van der Waals surface area contributed by atoms with Crippen molar-refractivity contribution in [2.24, 2.45) is 0 Å². The zero-order valence-corrected chi connectivity index (χ0v) is 15.1. The second kappa shape index (κ2) is 8.43. The van der Waals surface area contributed by atoms with Crippen molar-refractivity contribution < 1.29 is 27.5 Å². The van der Waals surface area contributed by atoms with Gasteiger partial charge in [0, 0.05) is 19.1 Å². The van der Waals surface area contributed by atoms with Gasteiger partial charge in [-0.3, -0.25) is 14.5 Å². The van der Waals surface area contributed by atoms with Crippen LogP contribution in [0.15, 0.2) is 42.5 Å². The fourth-order valence-electron chi connectivity index (χ4n) is 3.35. The molecule has 5 nitrogen and oxygen atoms in total. The van der Waals surface area contributed by atoms with Gasteiger partial charge in [-0.15, -0.1) is 0 Å². The van der Waals surface area contributed by atoms with Crippen molar-refractivity contribution >= 4 is 11.9 Å². The van der Waals surface area contributed by atoms with Gasteiger partial charge in [0.15, 0.2) is 11.6 Å². The molecule has 1 heterocycles. The summed E-state index contributed by atoms with van der Waals surface area (Å²) in [5, 5.41) is 2.72. The maximum Gasteiger partial charge on any atom is 0.323 e. The van der Waals surface area contributed by atoms with Crippen LogP contribution in [0.1, 0.15) is 22.3 Å². The van der Waals surface area contributed by atoms with Gasteiger partial charge in [0.05, 0.1) is 12.7 Å². The summed E-state index contributed by atoms with van der Waals surface area (Å²) >= 11 is 0. The van der Waals surface area contributed by atoms with E-state index in [9.17, 15) is 22.8 Å². The van der Waals surface area contributed by atoms with Gasteiger partial charge in [-0.05, 0) is 36.2 Å². The van der Waals surface area contributed by atoms with Gasteiger partial charge in [0.2, 0.25) is 0 Å². The maximum atomic E-state index is 13.8. The lowest BCUT2D eigenvalue weighted by atomic mass is 10.1. The molecule has 28 heavy (non-hydrogen) atoms. The van der Waals surface area contributed by atoms with E-state index in [0.717, 1.165) is 12.1 Å². The smallest absolute Gasteiger partial charge is 0.323 e. The highest BCUT2D eigenvalue weighted by atomic mass is 19.2. The molecule has 0 unspecified atom stereocenters. The van der Waals surface area contributed by atoms with Crippen LogP contribution in [0.25, 0.3) is 0 Å². The van der Waals surface area contributed by atoms with Crippen LogP contribution in [0.5, 0.6) is 0 Å². The molecule has 2 atom stereocenters. The summed E-state index contributed by atoms with van der Waals surface area (Å²) in [6.07, 6.45) is 0.260. The van der Waals surface area contributed by atoms with E-state index in [0.29, 0.717) is 5.56 Å². The summed E-state index contributed by atoms with van der Waals surface area (Å²) in [6.45, 7) is 0.446. The summed E-state index contributed by atoms with van der Waals surface area (Å²) in [5.41, 5.74) is 0.394. The first-order valence-corrected chi connectivity index (χ1v) is 8.70. The minimum Gasteiger partial charge on any atom is -0.468 e. The minimum absolute atomic E-state index is 0.0869. The molecule has 2 aromatic carbocycles. The highest BCUT2D eigenvalue weighted by Crippen LogP contribution is 2.23. The SMILES string of the molecule is COC(=O)[C@@H]1C[C@H](NC(=O)c2ccccc2F)CN1Cc1ccc(F)c(F)c1. The lowest BCUT2D eigenvalue weighted by Crippen LogP contribution is -2.38. The molecular formula is C20H19F3N2O3. The minimum atomic E-state index is -0.976. The van der Waals surface area contributed by atoms with E-state index in [2.05, 4.69) is 5.32 Å². The first kappa shape index (κ1) is 19.9. The molecule has 0 radical (unpaired) electrons. The largest absolute Gasteiger partial charge is 0.468 e. The first-order chi connectivity index (χ1) is 13.4. The Morgan fingerprint density at radius 3 is 2.54 bits per heavy atom. The molecule has 1 saturated heterocycles. The lowest BCUT2D eigenvalue weighted by Gasteiger charge is -2.22. The molecular weight excluding hydrogens is 373 g/mol. The van der Waals surface area contributed by atoms with Crippen molar-refractivity contribution in [1.29, 1.82) is 0 Å². The number of rotatable bonds is 5. The van der Waals surface area contributed by atoms with Gasteiger partial charge >= 0.3 is 5.97 Å². The molecule has 0 bridgehead atoms. The van der Waals surface area contributed by atoms with Gasteiger partial charge in [0.1, 0.15) is 11.9 Å². The molecule has 0 aromatic heterocycles. The third-order valence-electron chi connectivity index (χ3n) is 4.70. The summed E-state index contributed by atoms with van der Waals surface area (Å²) in [6, 6.07) is 8.02. The van der Waals surface area contributed by atoms with Crippen LogP contribution in [-0.2, 0) is 16.1 Å². The van der Waals surface area contributed by atoms with E-state index in [1.807, 2.05) is 0 Å². The molecule has 1 aliphatic rings. The van der Waals surface area contributed by atoms with Gasteiger partial charge in [0.25, 0.3) is 5.91 Å². The average Bonchev–Trinajstić information content (AvgIpc) is 3.06. The van der Waals surface area contributed by atoms with Crippen LogP contribution in [0.4, 0.5) is 13.2 Å². The van der Waals surface area contributed by atoms with Crippen LogP contribution in [-0.4, -0.2) is 42.5 Å². The van der Waals surface area contributed by atoms with Gasteiger partial charge < -0.3 is 10.1 Å². The molecule has 2 aromatic rings. The normalized spacial score (nSPS) is 19.4. The molecule has 1 N–H and O–H groups in total. The van der Waals surface area contributed by atoms with Gasteiger partial charge in [-0.1, -0.05) is 18.2 Å². The molecule has 1 aliphatic heterocycles. The fourth-order valence-corrected chi connectivity index (χ4v) is 3.35. The van der Waals surface area contributed by atoms with E-state index in [-0.39, 0.29) is 25.1 Å². The zero-order valence-electron chi connectivity index (χ0n) is 15.1. The number of amides is 1. The molecule has 0 spiro atoms. The van der Waals surface area contributed by atoms with Crippen LogP contribution in [0, 0.1) is 17.5 Å². The number of carbonyl (C=O) groups excluding carboxylic acids is 2. The predicted molar refractivity (Wildman–Crippen MR) is 94.8 cm³/mol. The Morgan fingerprint density at radius 1 is 1.11 bits per heavy atom. The van der Waals surface area contributed by atoms with Crippen LogP contribution in [0.3, 0.4) is 0 Å². The van der Waals surface area contributed by atoms with E-state index in [1.54, 1.807) is 11.0 Å². The monoisotopic (exact) mass is 392 g/mol. The Morgan fingerprint density at radius 2 is 1.86 bits per heavy atom. The molecule has 8 heteroatoms. The molecule has 1 amide bonds. The Balaban J connectivity index is 1.73. The van der Waals surface area contributed by atoms with Crippen molar-refractivity contribution in [3.63, 3.8) is 0 Å². The molecule has 0 saturated carbocycles. The number of halogens is 3. The number of nitrogens with one attached hydrogen (secondary N) is 1. The van der Waals surface area contributed by atoms with E-state index in [1.165, 1.54) is 31.4 Å². The highest BCUT2D eigenvalue weighted by molar-refractivity contribution is 5.94. The average molecular weight is 392 g/mol. The summed E-state index contributed by atoms with van der Waals surface area (Å²) in [5.74, 6) is -3.65.